The minimum Gasteiger partial charge on any atom is -0.308 e. The normalized spacial score (nSPS) is 23.7. The van der Waals surface area contributed by atoms with Crippen LogP contribution in [0.25, 0.3) is 0 Å². The highest BCUT2D eigenvalue weighted by Crippen LogP contribution is 2.25. The van der Waals surface area contributed by atoms with Crippen molar-refractivity contribution in [3.05, 3.63) is 20.8 Å². The Labute approximate surface area is 129 Å². The third-order valence-corrected chi connectivity index (χ3v) is 6.21. The highest BCUT2D eigenvalue weighted by Gasteiger charge is 2.34. The minimum atomic E-state index is 0.336. The van der Waals surface area contributed by atoms with E-state index in [1.807, 2.05) is 11.3 Å². The zero-order valence-electron chi connectivity index (χ0n) is 12.2. The lowest BCUT2D eigenvalue weighted by Gasteiger charge is -2.46. The number of hydrogen-bond acceptors (Lipinski definition) is 3. The Morgan fingerprint density at radius 2 is 2.16 bits per heavy atom. The molecule has 1 saturated heterocycles. The fourth-order valence-corrected chi connectivity index (χ4v) is 4.33. The molecule has 0 aromatic carbocycles. The summed E-state index contributed by atoms with van der Waals surface area (Å²) in [6.45, 7) is 10.4. The Morgan fingerprint density at radius 3 is 2.74 bits per heavy atom. The van der Waals surface area contributed by atoms with Crippen LogP contribution in [0.1, 0.15) is 38.5 Å². The largest absolute Gasteiger partial charge is 0.308 e. The van der Waals surface area contributed by atoms with Crippen molar-refractivity contribution in [2.45, 2.75) is 51.6 Å². The monoisotopic (exact) mass is 344 g/mol. The van der Waals surface area contributed by atoms with Crippen LogP contribution in [-0.4, -0.2) is 36.1 Å². The van der Waals surface area contributed by atoms with Crippen LogP contribution in [0.5, 0.6) is 0 Å². The molecule has 1 atom stereocenters. The molecule has 0 aliphatic carbocycles. The smallest absolute Gasteiger partial charge is 0.0701 e. The highest BCUT2D eigenvalue weighted by molar-refractivity contribution is 9.11. The van der Waals surface area contributed by atoms with E-state index < -0.39 is 0 Å². The molecule has 1 aliphatic rings. The summed E-state index contributed by atoms with van der Waals surface area (Å²) >= 11 is 5.41. The van der Waals surface area contributed by atoms with Gasteiger partial charge in [-0.15, -0.1) is 11.3 Å². The van der Waals surface area contributed by atoms with Crippen LogP contribution in [0.4, 0.5) is 0 Å². The first-order valence-corrected chi connectivity index (χ1v) is 8.93. The lowest BCUT2D eigenvalue weighted by molar-refractivity contribution is 0.0821. The molecule has 0 spiro atoms. The standard InChI is InChI=1S/C15H25BrN2S/c1-4-15(5-2)11-18(12(3)10-17-15)9-8-13-6-7-14(16)19-13/h6-7,12,17H,4-5,8-11H2,1-3H3. The van der Waals surface area contributed by atoms with Crippen LogP contribution in [0.15, 0.2) is 15.9 Å². The summed E-state index contributed by atoms with van der Waals surface area (Å²) in [5.41, 5.74) is 0.336. The van der Waals surface area contributed by atoms with E-state index in [1.54, 1.807) is 0 Å². The maximum atomic E-state index is 3.77. The van der Waals surface area contributed by atoms with E-state index in [0.717, 1.165) is 6.54 Å². The fraction of sp³-hybridized carbons (Fsp3) is 0.733. The Morgan fingerprint density at radius 1 is 1.42 bits per heavy atom. The number of rotatable bonds is 5. The zero-order valence-corrected chi connectivity index (χ0v) is 14.6. The second kappa shape index (κ2) is 6.70. The Hall–Kier alpha value is 0.1000. The quantitative estimate of drug-likeness (QED) is 0.871. The predicted octanol–water partition coefficient (Wildman–Crippen LogP) is 3.91. The third kappa shape index (κ3) is 3.81. The number of nitrogens with one attached hydrogen (secondary N) is 1. The Balaban J connectivity index is 1.94. The molecule has 1 fully saturated rings. The average molecular weight is 345 g/mol. The highest BCUT2D eigenvalue weighted by atomic mass is 79.9. The van der Waals surface area contributed by atoms with Crippen LogP contribution in [-0.2, 0) is 6.42 Å². The molecule has 2 heterocycles. The van der Waals surface area contributed by atoms with E-state index >= 15 is 0 Å². The summed E-state index contributed by atoms with van der Waals surface area (Å²) in [6.07, 6.45) is 3.61. The third-order valence-electron chi connectivity index (χ3n) is 4.53. The van der Waals surface area contributed by atoms with Gasteiger partial charge in [0, 0.05) is 36.1 Å². The van der Waals surface area contributed by atoms with Gasteiger partial charge in [-0.3, -0.25) is 4.90 Å². The van der Waals surface area contributed by atoms with Gasteiger partial charge in [-0.05, 0) is 54.2 Å². The van der Waals surface area contributed by atoms with Gasteiger partial charge in [0.15, 0.2) is 0 Å². The Bertz CT molecular complexity index is 401. The van der Waals surface area contributed by atoms with E-state index in [4.69, 9.17) is 0 Å². The first kappa shape index (κ1) is 15.5. The van der Waals surface area contributed by atoms with Crippen molar-refractivity contribution in [2.24, 2.45) is 0 Å². The van der Waals surface area contributed by atoms with E-state index in [2.05, 4.69) is 59.1 Å². The van der Waals surface area contributed by atoms with Gasteiger partial charge in [-0.1, -0.05) is 13.8 Å². The van der Waals surface area contributed by atoms with E-state index in [1.165, 1.54) is 41.0 Å². The Kier molecular flexibility index (Phi) is 5.46. The number of halogens is 1. The van der Waals surface area contributed by atoms with Crippen molar-refractivity contribution >= 4 is 27.3 Å². The van der Waals surface area contributed by atoms with Crippen LogP contribution < -0.4 is 5.32 Å². The van der Waals surface area contributed by atoms with Gasteiger partial charge >= 0.3 is 0 Å². The number of piperazine rings is 1. The molecular weight excluding hydrogens is 320 g/mol. The van der Waals surface area contributed by atoms with Crippen molar-refractivity contribution in [2.75, 3.05) is 19.6 Å². The first-order chi connectivity index (χ1) is 9.08. The van der Waals surface area contributed by atoms with Crippen molar-refractivity contribution in [3.63, 3.8) is 0 Å². The second-order valence-corrected chi connectivity index (χ2v) is 8.19. The van der Waals surface area contributed by atoms with E-state index in [9.17, 15) is 0 Å². The lowest BCUT2D eigenvalue weighted by Crippen LogP contribution is -2.63. The summed E-state index contributed by atoms with van der Waals surface area (Å²) in [5.74, 6) is 0. The van der Waals surface area contributed by atoms with Crippen LogP contribution in [0.3, 0.4) is 0 Å². The van der Waals surface area contributed by atoms with Crippen molar-refractivity contribution < 1.29 is 0 Å². The molecule has 1 N–H and O–H groups in total. The maximum Gasteiger partial charge on any atom is 0.0701 e. The molecule has 108 valence electrons. The summed E-state index contributed by atoms with van der Waals surface area (Å²) < 4.78 is 1.24. The predicted molar refractivity (Wildman–Crippen MR) is 88.1 cm³/mol. The van der Waals surface area contributed by atoms with Crippen LogP contribution in [0, 0.1) is 0 Å². The first-order valence-electron chi connectivity index (χ1n) is 7.32. The topological polar surface area (TPSA) is 15.3 Å². The van der Waals surface area contributed by atoms with Crippen molar-refractivity contribution in [1.29, 1.82) is 0 Å². The number of thiophene rings is 1. The van der Waals surface area contributed by atoms with Gasteiger partial charge in [-0.25, -0.2) is 0 Å². The molecule has 2 nitrogen and oxygen atoms in total. The molecule has 0 radical (unpaired) electrons. The molecule has 2 rings (SSSR count). The molecule has 0 saturated carbocycles. The van der Waals surface area contributed by atoms with Gasteiger partial charge in [0.05, 0.1) is 3.79 Å². The van der Waals surface area contributed by atoms with Gasteiger partial charge in [0.25, 0.3) is 0 Å². The van der Waals surface area contributed by atoms with Crippen LogP contribution >= 0.6 is 27.3 Å². The van der Waals surface area contributed by atoms with E-state index in [-0.39, 0.29) is 0 Å². The summed E-state index contributed by atoms with van der Waals surface area (Å²) in [7, 11) is 0. The summed E-state index contributed by atoms with van der Waals surface area (Å²) in [6, 6.07) is 5.05. The fourth-order valence-electron chi connectivity index (χ4n) is 2.86. The number of hydrogen-bond donors (Lipinski definition) is 1. The summed E-state index contributed by atoms with van der Waals surface area (Å²) in [5, 5.41) is 3.77. The van der Waals surface area contributed by atoms with Crippen LogP contribution in [0.2, 0.25) is 0 Å². The van der Waals surface area contributed by atoms with Gasteiger partial charge < -0.3 is 5.32 Å². The molecule has 1 aromatic rings. The maximum absolute atomic E-state index is 3.77. The van der Waals surface area contributed by atoms with Gasteiger partial charge in [-0.2, -0.15) is 0 Å². The summed E-state index contributed by atoms with van der Waals surface area (Å²) in [4.78, 5) is 4.15. The lowest BCUT2D eigenvalue weighted by atomic mass is 9.88. The van der Waals surface area contributed by atoms with Crippen molar-refractivity contribution in [1.82, 2.24) is 10.2 Å². The molecule has 1 unspecified atom stereocenters. The van der Waals surface area contributed by atoms with Gasteiger partial charge in [0.1, 0.15) is 0 Å². The molecule has 1 aromatic heterocycles. The molecular formula is C15H25BrN2S. The molecule has 19 heavy (non-hydrogen) atoms. The minimum absolute atomic E-state index is 0.336. The average Bonchev–Trinajstić information content (AvgIpc) is 2.84. The zero-order chi connectivity index (χ0) is 13.9. The van der Waals surface area contributed by atoms with Crippen molar-refractivity contribution in [3.8, 4) is 0 Å². The molecule has 0 amide bonds. The molecule has 1 aliphatic heterocycles. The second-order valence-electron chi connectivity index (χ2n) is 5.64. The van der Waals surface area contributed by atoms with Gasteiger partial charge in [0.2, 0.25) is 0 Å². The SMILES string of the molecule is CCC1(CC)CN(CCc2ccc(Br)s2)C(C)CN1. The molecule has 0 bridgehead atoms. The molecule has 4 heteroatoms. The number of nitrogens with zero attached hydrogens (tertiary/aromatic N) is 1. The van der Waals surface area contributed by atoms with E-state index in [0.29, 0.717) is 11.6 Å².